The number of rotatable bonds is 2. The average molecular weight is 348 g/mol. The third-order valence-corrected chi connectivity index (χ3v) is 6.23. The lowest BCUT2D eigenvalue weighted by molar-refractivity contribution is -0.868. The van der Waals surface area contributed by atoms with Gasteiger partial charge in [0, 0.05) is 31.1 Å². The second kappa shape index (κ2) is 6.81. The summed E-state index contributed by atoms with van der Waals surface area (Å²) in [6, 6.07) is 0.479. The monoisotopic (exact) mass is 347 g/mol. The largest absolute Gasteiger partial charge is 0.337 e. The van der Waals surface area contributed by atoms with Gasteiger partial charge in [0.1, 0.15) is 5.70 Å². The number of nitrogens with one attached hydrogen (secondary N) is 1. The SMILES string of the molecule is CC1(C)CC([NH+]2CCCCC2)=CC(=NC2CC(C)(C)[NH2+]C(C)(C)C2)C1. The molecule has 0 atom stereocenters. The number of likely N-dealkylation sites (tertiary alicyclic amines) is 1. The van der Waals surface area contributed by atoms with E-state index >= 15 is 0 Å². The third-order valence-electron chi connectivity index (χ3n) is 6.23. The third kappa shape index (κ3) is 5.17. The molecule has 0 aromatic heterocycles. The Morgan fingerprint density at radius 2 is 1.52 bits per heavy atom. The molecule has 0 aromatic rings. The molecule has 0 unspecified atom stereocenters. The summed E-state index contributed by atoms with van der Waals surface area (Å²) in [7, 11) is 0. The van der Waals surface area contributed by atoms with Gasteiger partial charge in [-0.3, -0.25) is 4.99 Å². The summed E-state index contributed by atoms with van der Waals surface area (Å²) in [4.78, 5) is 7.07. The molecule has 1 aliphatic carbocycles. The molecule has 0 bridgehead atoms. The molecule has 0 spiro atoms. The number of nitrogens with zero attached hydrogens (tertiary/aromatic N) is 1. The first-order chi connectivity index (χ1) is 11.5. The van der Waals surface area contributed by atoms with Crippen LogP contribution in [0.4, 0.5) is 0 Å². The highest BCUT2D eigenvalue weighted by molar-refractivity contribution is 5.96. The first kappa shape index (κ1) is 19.1. The maximum atomic E-state index is 5.33. The second-order valence-electron chi connectivity index (χ2n) is 11.2. The van der Waals surface area contributed by atoms with Gasteiger partial charge in [-0.2, -0.15) is 0 Å². The Morgan fingerprint density at radius 3 is 2.12 bits per heavy atom. The van der Waals surface area contributed by atoms with Gasteiger partial charge in [-0.05, 0) is 58.8 Å². The molecular formula is C22H41N3+2. The fourth-order valence-corrected chi connectivity index (χ4v) is 5.77. The molecule has 2 saturated heterocycles. The second-order valence-corrected chi connectivity index (χ2v) is 11.2. The van der Waals surface area contributed by atoms with E-state index in [1.807, 2.05) is 0 Å². The first-order valence-corrected chi connectivity index (χ1v) is 10.5. The summed E-state index contributed by atoms with van der Waals surface area (Å²) in [6.07, 6.45) is 11.5. The lowest BCUT2D eigenvalue weighted by atomic mass is 9.77. The normalized spacial score (nSPS) is 31.8. The van der Waals surface area contributed by atoms with Crippen molar-refractivity contribution in [3.8, 4) is 0 Å². The summed E-state index contributed by atoms with van der Waals surface area (Å²) >= 11 is 0. The van der Waals surface area contributed by atoms with Gasteiger partial charge in [0.05, 0.1) is 30.2 Å². The molecule has 2 heterocycles. The Morgan fingerprint density at radius 1 is 0.920 bits per heavy atom. The summed E-state index contributed by atoms with van der Waals surface area (Å²) < 4.78 is 0. The van der Waals surface area contributed by atoms with E-state index in [9.17, 15) is 0 Å². The summed E-state index contributed by atoms with van der Waals surface area (Å²) in [5, 5.41) is 2.56. The van der Waals surface area contributed by atoms with Crippen molar-refractivity contribution in [1.82, 2.24) is 0 Å². The molecule has 142 valence electrons. The van der Waals surface area contributed by atoms with E-state index in [-0.39, 0.29) is 0 Å². The van der Waals surface area contributed by atoms with Gasteiger partial charge >= 0.3 is 0 Å². The average Bonchev–Trinajstić information content (AvgIpc) is 2.43. The van der Waals surface area contributed by atoms with E-state index in [2.05, 4.69) is 52.9 Å². The number of nitrogens with two attached hydrogens (primary N) is 1. The van der Waals surface area contributed by atoms with Crippen LogP contribution in [0, 0.1) is 5.41 Å². The summed E-state index contributed by atoms with van der Waals surface area (Å²) in [5.41, 5.74) is 3.97. The van der Waals surface area contributed by atoms with Crippen LogP contribution in [-0.2, 0) is 0 Å². The minimum atomic E-state index is 0.297. The van der Waals surface area contributed by atoms with Crippen LogP contribution >= 0.6 is 0 Å². The van der Waals surface area contributed by atoms with Crippen LogP contribution in [-0.4, -0.2) is 35.9 Å². The minimum absolute atomic E-state index is 0.297. The van der Waals surface area contributed by atoms with Crippen LogP contribution in [0.25, 0.3) is 0 Å². The molecule has 25 heavy (non-hydrogen) atoms. The van der Waals surface area contributed by atoms with Crippen LogP contribution in [0.15, 0.2) is 16.8 Å². The van der Waals surface area contributed by atoms with Crippen molar-refractivity contribution >= 4 is 5.71 Å². The van der Waals surface area contributed by atoms with Crippen LogP contribution in [0.1, 0.15) is 86.5 Å². The number of allylic oxidation sites excluding steroid dienone is 2. The molecule has 3 nitrogen and oxygen atoms in total. The van der Waals surface area contributed by atoms with Crippen molar-refractivity contribution in [3.63, 3.8) is 0 Å². The molecule has 0 amide bonds. The predicted molar refractivity (Wildman–Crippen MR) is 106 cm³/mol. The maximum absolute atomic E-state index is 5.33. The molecular weight excluding hydrogens is 306 g/mol. The van der Waals surface area contributed by atoms with E-state index in [4.69, 9.17) is 4.99 Å². The van der Waals surface area contributed by atoms with Crippen LogP contribution in [0.5, 0.6) is 0 Å². The number of piperidine rings is 2. The van der Waals surface area contributed by atoms with Crippen molar-refractivity contribution in [1.29, 1.82) is 0 Å². The lowest BCUT2D eigenvalue weighted by Crippen LogP contribution is -3.11. The number of hydrogen-bond acceptors (Lipinski definition) is 1. The Hall–Kier alpha value is -0.670. The number of hydrogen-bond donors (Lipinski definition) is 2. The van der Waals surface area contributed by atoms with Crippen molar-refractivity contribution in [2.24, 2.45) is 10.4 Å². The van der Waals surface area contributed by atoms with Gasteiger partial charge in [-0.1, -0.05) is 13.8 Å². The zero-order chi connectivity index (χ0) is 18.3. The molecule has 3 rings (SSSR count). The maximum Gasteiger partial charge on any atom is 0.109 e. The van der Waals surface area contributed by atoms with Gasteiger partial charge in [-0.25, -0.2) is 0 Å². The molecule has 3 N–H and O–H groups in total. The molecule has 3 heteroatoms. The van der Waals surface area contributed by atoms with Gasteiger partial charge in [0.15, 0.2) is 0 Å². The highest BCUT2D eigenvalue weighted by Gasteiger charge is 2.42. The van der Waals surface area contributed by atoms with Crippen molar-refractivity contribution in [2.45, 2.75) is 104 Å². The first-order valence-electron chi connectivity index (χ1n) is 10.5. The van der Waals surface area contributed by atoms with Crippen molar-refractivity contribution in [3.05, 3.63) is 11.8 Å². The van der Waals surface area contributed by atoms with Gasteiger partial charge in [0.25, 0.3) is 0 Å². The van der Waals surface area contributed by atoms with Crippen LogP contribution < -0.4 is 10.2 Å². The van der Waals surface area contributed by atoms with Crippen LogP contribution in [0.2, 0.25) is 0 Å². The Kier molecular flexibility index (Phi) is 5.20. The van der Waals surface area contributed by atoms with Gasteiger partial charge in [-0.15, -0.1) is 0 Å². The Balaban J connectivity index is 1.82. The lowest BCUT2D eigenvalue weighted by Gasteiger charge is -2.42. The molecule has 2 aliphatic heterocycles. The fraction of sp³-hybridized carbons (Fsp3) is 0.864. The molecule has 0 radical (unpaired) electrons. The Bertz CT molecular complexity index is 532. The standard InChI is InChI=1S/C22H39N3/c1-20(2)13-17(12-19(16-20)25-10-8-7-9-11-25)23-18-14-21(3,4)24-22(5,6)15-18/h12,18,24H,7-11,13-16H2,1-6H3/p+2. The van der Waals surface area contributed by atoms with E-state index in [0.717, 1.165) is 6.42 Å². The van der Waals surface area contributed by atoms with E-state index in [1.54, 1.807) is 10.6 Å². The van der Waals surface area contributed by atoms with E-state index in [0.29, 0.717) is 22.5 Å². The summed E-state index contributed by atoms with van der Waals surface area (Å²) in [6.45, 7) is 17.0. The highest BCUT2D eigenvalue weighted by Crippen LogP contribution is 2.33. The zero-order valence-corrected chi connectivity index (χ0v) is 17.5. The number of quaternary nitrogens is 2. The fourth-order valence-electron chi connectivity index (χ4n) is 5.77. The number of aliphatic imine (C=N–C) groups is 1. The Labute approximate surface area is 155 Å². The van der Waals surface area contributed by atoms with Gasteiger partial charge < -0.3 is 10.2 Å². The van der Waals surface area contributed by atoms with E-state index in [1.165, 1.54) is 57.3 Å². The molecule has 0 aromatic carbocycles. The van der Waals surface area contributed by atoms with E-state index < -0.39 is 0 Å². The minimum Gasteiger partial charge on any atom is -0.337 e. The molecule has 2 fully saturated rings. The topological polar surface area (TPSA) is 33.4 Å². The zero-order valence-electron chi connectivity index (χ0n) is 17.5. The van der Waals surface area contributed by atoms with Crippen LogP contribution in [0.3, 0.4) is 0 Å². The van der Waals surface area contributed by atoms with Crippen molar-refractivity contribution in [2.75, 3.05) is 13.1 Å². The molecule has 0 saturated carbocycles. The highest BCUT2D eigenvalue weighted by atomic mass is 15.1. The summed E-state index contributed by atoms with van der Waals surface area (Å²) in [5.74, 6) is 0. The van der Waals surface area contributed by atoms with Crippen molar-refractivity contribution < 1.29 is 10.2 Å². The predicted octanol–water partition coefficient (Wildman–Crippen LogP) is 2.48. The molecule has 3 aliphatic rings. The van der Waals surface area contributed by atoms with Gasteiger partial charge in [0.2, 0.25) is 0 Å². The quantitative estimate of drug-likeness (QED) is 0.769. The smallest absolute Gasteiger partial charge is 0.109 e.